The van der Waals surface area contributed by atoms with Gasteiger partial charge in [0.2, 0.25) is 12.7 Å². The molecule has 2 heterocycles. The molecule has 156 valence electrons. The molecule has 7 heteroatoms. The lowest BCUT2D eigenvalue weighted by molar-refractivity contribution is -0.123. The monoisotopic (exact) mass is 416 g/mol. The van der Waals surface area contributed by atoms with Crippen molar-refractivity contribution < 1.29 is 23.8 Å². The van der Waals surface area contributed by atoms with Crippen molar-refractivity contribution in [2.45, 2.75) is 0 Å². The van der Waals surface area contributed by atoms with Crippen LogP contribution in [0.25, 0.3) is 0 Å². The van der Waals surface area contributed by atoms with Gasteiger partial charge in [-0.3, -0.25) is 9.59 Å². The van der Waals surface area contributed by atoms with E-state index in [1.807, 2.05) is 42.5 Å². The highest BCUT2D eigenvalue weighted by Crippen LogP contribution is 2.34. The molecule has 2 aliphatic rings. The fourth-order valence-electron chi connectivity index (χ4n) is 3.53. The summed E-state index contributed by atoms with van der Waals surface area (Å²) < 4.78 is 16.5. The third-order valence-electron chi connectivity index (χ3n) is 5.28. The summed E-state index contributed by atoms with van der Waals surface area (Å²) in [6.07, 6.45) is 0. The number of carbonyl (C=O) groups excluding carboxylic acids is 2. The number of nitrogens with zero attached hydrogens (tertiary/aromatic N) is 1. The average Bonchev–Trinajstić information content (AvgIpc) is 3.22. The van der Waals surface area contributed by atoms with Crippen LogP contribution in [-0.4, -0.2) is 36.6 Å². The van der Waals surface area contributed by atoms with E-state index in [4.69, 9.17) is 14.2 Å². The van der Waals surface area contributed by atoms with E-state index in [-0.39, 0.29) is 24.5 Å². The number of likely N-dealkylation sites (tertiary alicyclic amines) is 1. The number of hydrogen-bond acceptors (Lipinski definition) is 5. The molecule has 1 fully saturated rings. The molecule has 0 bridgehead atoms. The van der Waals surface area contributed by atoms with E-state index >= 15 is 0 Å². The minimum Gasteiger partial charge on any atom is -0.455 e. The van der Waals surface area contributed by atoms with Crippen LogP contribution in [0.4, 0.5) is 5.69 Å². The van der Waals surface area contributed by atoms with Gasteiger partial charge in [-0.2, -0.15) is 0 Å². The number of fused-ring (bicyclic) bond motifs is 1. The second-order valence-corrected chi connectivity index (χ2v) is 7.38. The number of para-hydroxylation sites is 3. The number of benzene rings is 3. The predicted octanol–water partition coefficient (Wildman–Crippen LogP) is 3.92. The molecule has 0 atom stereocenters. The van der Waals surface area contributed by atoms with Crippen LogP contribution in [0.1, 0.15) is 10.4 Å². The van der Waals surface area contributed by atoms with Gasteiger partial charge < -0.3 is 24.4 Å². The molecule has 3 aromatic carbocycles. The summed E-state index contributed by atoms with van der Waals surface area (Å²) in [5.41, 5.74) is 1.11. The van der Waals surface area contributed by atoms with Crippen molar-refractivity contribution in [3.05, 3.63) is 78.4 Å². The SMILES string of the molecule is O=C(Nc1ccccc1Oc1ccccc1)C1CN(C(=O)c2ccc3c(c2)OCO3)C1. The molecule has 2 aliphatic heterocycles. The van der Waals surface area contributed by atoms with Crippen molar-refractivity contribution in [2.75, 3.05) is 25.2 Å². The third kappa shape index (κ3) is 3.90. The Morgan fingerprint density at radius 3 is 2.48 bits per heavy atom. The maximum atomic E-state index is 12.7. The Morgan fingerprint density at radius 1 is 0.903 bits per heavy atom. The van der Waals surface area contributed by atoms with Crippen molar-refractivity contribution >= 4 is 17.5 Å². The highest BCUT2D eigenvalue weighted by Gasteiger charge is 2.36. The lowest BCUT2D eigenvalue weighted by Crippen LogP contribution is -2.54. The fraction of sp³-hybridized carbons (Fsp3) is 0.167. The van der Waals surface area contributed by atoms with Crippen molar-refractivity contribution in [2.24, 2.45) is 5.92 Å². The fourth-order valence-corrected chi connectivity index (χ4v) is 3.53. The topological polar surface area (TPSA) is 77.1 Å². The molecule has 3 aromatic rings. The molecule has 0 radical (unpaired) electrons. The first-order valence-electron chi connectivity index (χ1n) is 9.99. The highest BCUT2D eigenvalue weighted by atomic mass is 16.7. The van der Waals surface area contributed by atoms with Gasteiger partial charge in [-0.25, -0.2) is 0 Å². The number of ether oxygens (including phenoxy) is 3. The average molecular weight is 416 g/mol. The highest BCUT2D eigenvalue weighted by molar-refractivity contribution is 5.99. The van der Waals surface area contributed by atoms with Crippen LogP contribution in [-0.2, 0) is 4.79 Å². The van der Waals surface area contributed by atoms with E-state index in [1.54, 1.807) is 35.2 Å². The lowest BCUT2D eigenvalue weighted by Gasteiger charge is -2.38. The van der Waals surface area contributed by atoms with E-state index in [2.05, 4.69) is 5.32 Å². The van der Waals surface area contributed by atoms with E-state index < -0.39 is 0 Å². The van der Waals surface area contributed by atoms with Crippen LogP contribution in [0.5, 0.6) is 23.0 Å². The Labute approximate surface area is 179 Å². The molecule has 7 nitrogen and oxygen atoms in total. The van der Waals surface area contributed by atoms with Gasteiger partial charge in [-0.05, 0) is 42.5 Å². The molecule has 31 heavy (non-hydrogen) atoms. The lowest BCUT2D eigenvalue weighted by atomic mass is 9.97. The number of rotatable bonds is 5. The molecular weight excluding hydrogens is 396 g/mol. The first kappa shape index (κ1) is 19.0. The van der Waals surface area contributed by atoms with Crippen molar-refractivity contribution in [1.29, 1.82) is 0 Å². The van der Waals surface area contributed by atoms with Gasteiger partial charge in [-0.15, -0.1) is 0 Å². The quantitative estimate of drug-likeness (QED) is 0.682. The first-order chi connectivity index (χ1) is 15.2. The first-order valence-corrected chi connectivity index (χ1v) is 9.99. The van der Waals surface area contributed by atoms with Crippen molar-refractivity contribution in [1.82, 2.24) is 4.90 Å². The number of amides is 2. The Bertz CT molecular complexity index is 1130. The van der Waals surface area contributed by atoms with Gasteiger partial charge >= 0.3 is 0 Å². The Balaban J connectivity index is 1.20. The van der Waals surface area contributed by atoms with Gasteiger partial charge in [0.15, 0.2) is 17.2 Å². The summed E-state index contributed by atoms with van der Waals surface area (Å²) in [5.74, 6) is 1.91. The minimum absolute atomic E-state index is 0.129. The van der Waals surface area contributed by atoms with Gasteiger partial charge in [-0.1, -0.05) is 30.3 Å². The summed E-state index contributed by atoms with van der Waals surface area (Å²) >= 11 is 0. The van der Waals surface area contributed by atoms with Crippen LogP contribution in [0, 0.1) is 5.92 Å². The summed E-state index contributed by atoms with van der Waals surface area (Å²) in [4.78, 5) is 27.1. The van der Waals surface area contributed by atoms with Gasteiger partial charge in [0.05, 0.1) is 11.6 Å². The zero-order chi connectivity index (χ0) is 21.2. The van der Waals surface area contributed by atoms with Crippen LogP contribution in [0.2, 0.25) is 0 Å². The molecule has 0 aromatic heterocycles. The Hall–Kier alpha value is -4.00. The van der Waals surface area contributed by atoms with Gasteiger partial charge in [0, 0.05) is 18.7 Å². The van der Waals surface area contributed by atoms with Crippen LogP contribution < -0.4 is 19.5 Å². The van der Waals surface area contributed by atoms with Crippen LogP contribution in [0.15, 0.2) is 72.8 Å². The summed E-state index contributed by atoms with van der Waals surface area (Å²) in [6, 6.07) is 21.8. The molecule has 0 aliphatic carbocycles. The molecular formula is C24H20N2O5. The van der Waals surface area contributed by atoms with E-state index in [9.17, 15) is 9.59 Å². The smallest absolute Gasteiger partial charge is 0.254 e. The van der Waals surface area contributed by atoms with E-state index in [0.717, 1.165) is 0 Å². The van der Waals surface area contributed by atoms with Crippen molar-refractivity contribution in [3.63, 3.8) is 0 Å². The standard InChI is InChI=1S/C24H20N2O5/c27-23(25-19-8-4-5-9-20(19)31-18-6-2-1-3-7-18)17-13-26(14-17)24(28)16-10-11-21-22(12-16)30-15-29-21/h1-12,17H,13-15H2,(H,25,27). The summed E-state index contributed by atoms with van der Waals surface area (Å²) in [7, 11) is 0. The number of nitrogens with one attached hydrogen (secondary N) is 1. The van der Waals surface area contributed by atoms with Crippen LogP contribution in [0.3, 0.4) is 0 Å². The van der Waals surface area contributed by atoms with Crippen LogP contribution >= 0.6 is 0 Å². The molecule has 1 N–H and O–H groups in total. The third-order valence-corrected chi connectivity index (χ3v) is 5.28. The largest absolute Gasteiger partial charge is 0.455 e. The molecule has 2 amide bonds. The second kappa shape index (κ2) is 8.02. The number of carbonyl (C=O) groups is 2. The Kier molecular flexibility index (Phi) is 4.92. The van der Waals surface area contributed by atoms with Gasteiger partial charge in [0.1, 0.15) is 5.75 Å². The molecule has 0 unspecified atom stereocenters. The minimum atomic E-state index is -0.275. The Morgan fingerprint density at radius 2 is 1.65 bits per heavy atom. The summed E-state index contributed by atoms with van der Waals surface area (Å²) in [6.45, 7) is 0.885. The predicted molar refractivity (Wildman–Crippen MR) is 114 cm³/mol. The molecule has 5 rings (SSSR count). The number of anilines is 1. The zero-order valence-corrected chi connectivity index (χ0v) is 16.6. The number of hydrogen-bond donors (Lipinski definition) is 1. The molecule has 0 spiro atoms. The maximum Gasteiger partial charge on any atom is 0.254 e. The zero-order valence-electron chi connectivity index (χ0n) is 16.6. The maximum absolute atomic E-state index is 12.7. The van der Waals surface area contributed by atoms with E-state index in [0.29, 0.717) is 47.3 Å². The van der Waals surface area contributed by atoms with E-state index in [1.165, 1.54) is 0 Å². The van der Waals surface area contributed by atoms with Gasteiger partial charge in [0.25, 0.3) is 5.91 Å². The molecule has 0 saturated carbocycles. The van der Waals surface area contributed by atoms with Crippen molar-refractivity contribution in [3.8, 4) is 23.0 Å². The normalized spacial score (nSPS) is 14.6. The molecule has 1 saturated heterocycles. The summed E-state index contributed by atoms with van der Waals surface area (Å²) in [5, 5.41) is 2.93. The second-order valence-electron chi connectivity index (χ2n) is 7.38.